The molecule has 0 fully saturated rings. The summed E-state index contributed by atoms with van der Waals surface area (Å²) in [7, 11) is -1.31. The molecule has 1 heterocycles. The molecule has 0 unspecified atom stereocenters. The van der Waals surface area contributed by atoms with Crippen molar-refractivity contribution in [2.24, 2.45) is 0 Å². The van der Waals surface area contributed by atoms with Gasteiger partial charge in [-0.05, 0) is 24.4 Å². The standard InChI is InChI=1S/C13H18BNO2/c1-11-7-8-15(10-13(11)14(16)17)9-12-5-3-2-4-6-12/h2-6,16-17H,7-10H2,1H3. The topological polar surface area (TPSA) is 43.7 Å². The minimum atomic E-state index is -1.31. The lowest BCUT2D eigenvalue weighted by atomic mass is 9.74. The maximum atomic E-state index is 9.30. The highest BCUT2D eigenvalue weighted by atomic mass is 16.4. The maximum Gasteiger partial charge on any atom is 0.485 e. The van der Waals surface area contributed by atoms with Crippen LogP contribution in [0, 0.1) is 0 Å². The van der Waals surface area contributed by atoms with Crippen LogP contribution in [0.5, 0.6) is 0 Å². The molecule has 0 aliphatic carbocycles. The first-order chi connectivity index (χ1) is 8.16. The summed E-state index contributed by atoms with van der Waals surface area (Å²) in [5.74, 6) is 0. The highest BCUT2D eigenvalue weighted by molar-refractivity contribution is 6.51. The molecule has 1 aromatic carbocycles. The summed E-state index contributed by atoms with van der Waals surface area (Å²) in [5, 5.41) is 18.6. The largest absolute Gasteiger partial charge is 0.485 e. The Labute approximate surface area is 103 Å². The number of hydrogen-bond donors (Lipinski definition) is 2. The van der Waals surface area contributed by atoms with Crippen LogP contribution >= 0.6 is 0 Å². The number of hydrogen-bond acceptors (Lipinski definition) is 3. The molecule has 0 spiro atoms. The van der Waals surface area contributed by atoms with Gasteiger partial charge in [-0.3, -0.25) is 4.90 Å². The van der Waals surface area contributed by atoms with Crippen molar-refractivity contribution in [3.63, 3.8) is 0 Å². The van der Waals surface area contributed by atoms with Gasteiger partial charge in [0.1, 0.15) is 0 Å². The van der Waals surface area contributed by atoms with E-state index in [9.17, 15) is 10.0 Å². The van der Waals surface area contributed by atoms with Crippen LogP contribution < -0.4 is 0 Å². The van der Waals surface area contributed by atoms with Crippen LogP contribution in [0.1, 0.15) is 18.9 Å². The van der Waals surface area contributed by atoms with Gasteiger partial charge >= 0.3 is 7.12 Å². The van der Waals surface area contributed by atoms with Crippen LogP contribution in [0.3, 0.4) is 0 Å². The number of rotatable bonds is 3. The quantitative estimate of drug-likeness (QED) is 0.768. The van der Waals surface area contributed by atoms with Gasteiger partial charge in [-0.25, -0.2) is 0 Å². The van der Waals surface area contributed by atoms with Crippen molar-refractivity contribution < 1.29 is 10.0 Å². The Kier molecular flexibility index (Phi) is 4.00. The Morgan fingerprint density at radius 3 is 2.59 bits per heavy atom. The molecule has 0 amide bonds. The van der Waals surface area contributed by atoms with Crippen molar-refractivity contribution in [2.75, 3.05) is 13.1 Å². The minimum Gasteiger partial charge on any atom is -0.423 e. The first-order valence-corrected chi connectivity index (χ1v) is 5.98. The second-order valence-electron chi connectivity index (χ2n) is 4.63. The molecule has 2 rings (SSSR count). The molecule has 2 N–H and O–H groups in total. The Bertz CT molecular complexity index is 403. The predicted octanol–water partition coefficient (Wildman–Crippen LogP) is 1.22. The second-order valence-corrected chi connectivity index (χ2v) is 4.63. The van der Waals surface area contributed by atoms with Crippen LogP contribution in [0.15, 0.2) is 41.4 Å². The van der Waals surface area contributed by atoms with E-state index in [1.807, 2.05) is 25.1 Å². The first-order valence-electron chi connectivity index (χ1n) is 5.98. The molecule has 0 radical (unpaired) electrons. The van der Waals surface area contributed by atoms with E-state index in [0.29, 0.717) is 6.54 Å². The van der Waals surface area contributed by atoms with Crippen LogP contribution in [-0.4, -0.2) is 35.2 Å². The van der Waals surface area contributed by atoms with Crippen LogP contribution in [0.4, 0.5) is 0 Å². The lowest BCUT2D eigenvalue weighted by Gasteiger charge is -2.29. The van der Waals surface area contributed by atoms with Crippen molar-refractivity contribution in [2.45, 2.75) is 19.9 Å². The van der Waals surface area contributed by atoms with E-state index in [1.54, 1.807) is 0 Å². The fraction of sp³-hybridized carbons (Fsp3) is 0.385. The zero-order chi connectivity index (χ0) is 12.3. The average Bonchev–Trinajstić information content (AvgIpc) is 2.32. The maximum absolute atomic E-state index is 9.30. The van der Waals surface area contributed by atoms with Gasteiger partial charge in [0, 0.05) is 19.6 Å². The Hall–Kier alpha value is -1.10. The van der Waals surface area contributed by atoms with E-state index in [2.05, 4.69) is 17.0 Å². The third-order valence-electron chi connectivity index (χ3n) is 3.31. The van der Waals surface area contributed by atoms with Crippen molar-refractivity contribution in [1.29, 1.82) is 0 Å². The average molecular weight is 231 g/mol. The highest BCUT2D eigenvalue weighted by Gasteiger charge is 2.24. The van der Waals surface area contributed by atoms with Gasteiger partial charge in [0.2, 0.25) is 0 Å². The monoisotopic (exact) mass is 231 g/mol. The highest BCUT2D eigenvalue weighted by Crippen LogP contribution is 2.19. The Balaban J connectivity index is 2.02. The normalized spacial score (nSPS) is 17.4. The summed E-state index contributed by atoms with van der Waals surface area (Å²) in [5.41, 5.74) is 3.13. The fourth-order valence-corrected chi connectivity index (χ4v) is 2.22. The third-order valence-corrected chi connectivity index (χ3v) is 3.31. The molecule has 0 atom stereocenters. The molecular weight excluding hydrogens is 213 g/mol. The summed E-state index contributed by atoms with van der Waals surface area (Å²) in [4.78, 5) is 2.25. The van der Waals surface area contributed by atoms with Gasteiger partial charge in [-0.15, -0.1) is 0 Å². The van der Waals surface area contributed by atoms with Gasteiger partial charge in [-0.1, -0.05) is 35.9 Å². The molecule has 17 heavy (non-hydrogen) atoms. The summed E-state index contributed by atoms with van der Waals surface area (Å²) >= 11 is 0. The van der Waals surface area contributed by atoms with Crippen LogP contribution in [-0.2, 0) is 6.54 Å². The first kappa shape index (κ1) is 12.4. The summed E-state index contributed by atoms with van der Waals surface area (Å²) < 4.78 is 0. The molecule has 0 aromatic heterocycles. The molecule has 0 saturated heterocycles. The Morgan fingerprint density at radius 1 is 1.24 bits per heavy atom. The molecule has 1 aliphatic rings. The molecule has 1 aliphatic heterocycles. The SMILES string of the molecule is CC1=C(B(O)O)CN(Cc2ccccc2)CC1. The second kappa shape index (κ2) is 5.49. The van der Waals surface area contributed by atoms with Crippen molar-refractivity contribution >= 4 is 7.12 Å². The van der Waals surface area contributed by atoms with Gasteiger partial charge in [0.05, 0.1) is 0 Å². The fourth-order valence-electron chi connectivity index (χ4n) is 2.22. The molecule has 0 saturated carbocycles. The van der Waals surface area contributed by atoms with Crippen LogP contribution in [0.2, 0.25) is 0 Å². The Morgan fingerprint density at radius 2 is 1.94 bits per heavy atom. The van der Waals surface area contributed by atoms with Crippen LogP contribution in [0.25, 0.3) is 0 Å². The van der Waals surface area contributed by atoms with Gasteiger partial charge in [0.15, 0.2) is 0 Å². The third kappa shape index (κ3) is 3.19. The smallest absolute Gasteiger partial charge is 0.423 e. The van der Waals surface area contributed by atoms with E-state index < -0.39 is 7.12 Å². The predicted molar refractivity (Wildman–Crippen MR) is 69.2 cm³/mol. The summed E-state index contributed by atoms with van der Waals surface area (Å²) in [6.45, 7) is 4.48. The molecule has 1 aromatic rings. The van der Waals surface area contributed by atoms with Gasteiger partial charge in [-0.2, -0.15) is 0 Å². The molecule has 90 valence electrons. The number of benzene rings is 1. The molecule has 3 nitrogen and oxygen atoms in total. The van der Waals surface area contributed by atoms with E-state index in [4.69, 9.17) is 0 Å². The van der Waals surface area contributed by atoms with E-state index in [1.165, 1.54) is 5.56 Å². The van der Waals surface area contributed by atoms with Gasteiger partial charge in [0.25, 0.3) is 0 Å². The van der Waals surface area contributed by atoms with Crippen molar-refractivity contribution in [3.05, 3.63) is 46.9 Å². The lowest BCUT2D eigenvalue weighted by molar-refractivity contribution is 0.275. The summed E-state index contributed by atoms with van der Waals surface area (Å²) in [6, 6.07) is 10.3. The van der Waals surface area contributed by atoms with Crippen molar-refractivity contribution in [3.8, 4) is 0 Å². The summed E-state index contributed by atoms with van der Waals surface area (Å²) in [6.07, 6.45) is 0.916. The van der Waals surface area contributed by atoms with Gasteiger partial charge < -0.3 is 10.0 Å². The lowest BCUT2D eigenvalue weighted by Crippen LogP contribution is -2.36. The molecule has 0 bridgehead atoms. The van der Waals surface area contributed by atoms with E-state index >= 15 is 0 Å². The zero-order valence-electron chi connectivity index (χ0n) is 10.1. The molecular formula is C13H18BNO2. The zero-order valence-corrected chi connectivity index (χ0v) is 10.1. The minimum absolute atomic E-state index is 0.651. The number of nitrogens with zero attached hydrogens (tertiary/aromatic N) is 1. The van der Waals surface area contributed by atoms with E-state index in [-0.39, 0.29) is 0 Å². The van der Waals surface area contributed by atoms with E-state index in [0.717, 1.165) is 30.6 Å². The van der Waals surface area contributed by atoms with Crippen molar-refractivity contribution in [1.82, 2.24) is 4.90 Å². The molecule has 4 heteroatoms.